The Balaban J connectivity index is 1.83. The van der Waals surface area contributed by atoms with Crippen molar-refractivity contribution < 1.29 is 19.1 Å². The first-order valence-corrected chi connectivity index (χ1v) is 13.6. The third-order valence-corrected chi connectivity index (χ3v) is 8.01. The molecule has 0 fully saturated rings. The van der Waals surface area contributed by atoms with Gasteiger partial charge in [-0.05, 0) is 62.9 Å². The van der Waals surface area contributed by atoms with Gasteiger partial charge in [0.2, 0.25) is 5.91 Å². The summed E-state index contributed by atoms with van der Waals surface area (Å²) < 4.78 is 5.50. The summed E-state index contributed by atoms with van der Waals surface area (Å²) in [6, 6.07) is 15.1. The Morgan fingerprint density at radius 1 is 1.03 bits per heavy atom. The Kier molecular flexibility index (Phi) is 6.53. The molecule has 2 aliphatic heterocycles. The van der Waals surface area contributed by atoms with Crippen molar-refractivity contribution in [2.45, 2.75) is 52.9 Å². The summed E-state index contributed by atoms with van der Waals surface area (Å²) in [6.45, 7) is 11.8. The number of hydrogen-bond donors (Lipinski definition) is 2. The molecule has 3 N–H and O–H groups in total. The average Bonchev–Trinajstić information content (AvgIpc) is 3.16. The highest BCUT2D eigenvalue weighted by Crippen LogP contribution is 2.57. The maximum Gasteiger partial charge on any atom is 0.339 e. The third kappa shape index (κ3) is 3.92. The van der Waals surface area contributed by atoms with Crippen LogP contribution in [0.3, 0.4) is 0 Å². The van der Waals surface area contributed by atoms with E-state index in [4.69, 9.17) is 10.5 Å². The smallest absolute Gasteiger partial charge is 0.339 e. The Hall–Kier alpha value is -4.07. The van der Waals surface area contributed by atoms with Crippen LogP contribution in [-0.2, 0) is 24.5 Å². The second-order valence-corrected chi connectivity index (χ2v) is 11.0. The minimum Gasteiger partial charge on any atom is -0.462 e. The summed E-state index contributed by atoms with van der Waals surface area (Å²) in [7, 11) is 0. The summed E-state index contributed by atoms with van der Waals surface area (Å²) in [6.07, 6.45) is 0.744. The maximum absolute atomic E-state index is 14.1. The van der Waals surface area contributed by atoms with Crippen molar-refractivity contribution in [3.05, 3.63) is 76.8 Å². The SMILES string of the molecule is CCOC(=O)C1=C(N)N(c2ccc(N(CC)CC)cc2)C2=C(C(=O)CC(C)(C)C2)C12C(=O)Nc1ccccc12. The molecule has 0 saturated heterocycles. The molecule has 3 aliphatic rings. The van der Waals surface area contributed by atoms with Gasteiger partial charge >= 0.3 is 5.97 Å². The van der Waals surface area contributed by atoms with Crippen LogP contribution in [0.2, 0.25) is 0 Å². The van der Waals surface area contributed by atoms with Crippen LogP contribution in [0, 0.1) is 5.41 Å². The molecule has 1 spiro atoms. The molecule has 5 rings (SSSR count). The summed E-state index contributed by atoms with van der Waals surface area (Å²) in [5, 5.41) is 2.92. The lowest BCUT2D eigenvalue weighted by molar-refractivity contribution is -0.140. The number of nitrogens with two attached hydrogens (primary N) is 1. The predicted octanol–water partition coefficient (Wildman–Crippen LogP) is 4.62. The van der Waals surface area contributed by atoms with Gasteiger partial charge in [-0.25, -0.2) is 4.79 Å². The highest BCUT2D eigenvalue weighted by molar-refractivity contribution is 6.23. The Labute approximate surface area is 229 Å². The number of nitrogens with one attached hydrogen (secondary N) is 1. The second-order valence-electron chi connectivity index (χ2n) is 11.0. The van der Waals surface area contributed by atoms with Crippen molar-refractivity contribution in [3.8, 4) is 0 Å². The number of carbonyl (C=O) groups excluding carboxylic acids is 3. The van der Waals surface area contributed by atoms with Gasteiger partial charge in [-0.3, -0.25) is 14.5 Å². The van der Waals surface area contributed by atoms with Crippen LogP contribution < -0.4 is 20.9 Å². The monoisotopic (exact) mass is 528 g/mol. The molecular formula is C31H36N4O4. The fourth-order valence-corrected chi connectivity index (χ4v) is 6.39. The van der Waals surface area contributed by atoms with Gasteiger partial charge in [0.15, 0.2) is 5.78 Å². The highest BCUT2D eigenvalue weighted by Gasteiger charge is 2.62. The normalized spacial score (nSPS) is 21.6. The summed E-state index contributed by atoms with van der Waals surface area (Å²) in [5.41, 5.74) is 8.65. The van der Waals surface area contributed by atoms with Gasteiger partial charge in [0, 0.05) is 53.4 Å². The molecule has 0 bridgehead atoms. The largest absolute Gasteiger partial charge is 0.462 e. The number of carbonyl (C=O) groups is 3. The van der Waals surface area contributed by atoms with E-state index in [0.29, 0.717) is 34.6 Å². The lowest BCUT2D eigenvalue weighted by atomic mass is 9.60. The van der Waals surface area contributed by atoms with Crippen LogP contribution in [-0.4, -0.2) is 37.4 Å². The van der Waals surface area contributed by atoms with E-state index in [0.717, 1.165) is 18.8 Å². The Bertz CT molecular complexity index is 1420. The standard InChI is InChI=1S/C31H36N4O4/c1-6-34(7-2)19-13-15-20(16-14-19)35-23-17-30(4,5)18-24(36)25(23)31(26(27(35)32)28(37)39-8-3)21-11-9-10-12-22(21)33-29(31)38/h9-16H,6-8,17-18,32H2,1-5H3,(H,33,38). The molecule has 8 nitrogen and oxygen atoms in total. The topological polar surface area (TPSA) is 105 Å². The minimum atomic E-state index is -1.69. The van der Waals surface area contributed by atoms with E-state index in [1.165, 1.54) is 0 Å². The van der Waals surface area contributed by atoms with Crippen molar-refractivity contribution in [1.29, 1.82) is 0 Å². The quantitative estimate of drug-likeness (QED) is 0.527. The number of allylic oxidation sites excluding steroid dienone is 1. The predicted molar refractivity (Wildman–Crippen MR) is 152 cm³/mol. The number of anilines is 3. The first-order valence-electron chi connectivity index (χ1n) is 13.6. The lowest BCUT2D eigenvalue weighted by Gasteiger charge is -2.47. The van der Waals surface area contributed by atoms with E-state index in [1.54, 1.807) is 30.0 Å². The molecule has 1 amide bonds. The molecule has 2 heterocycles. The molecule has 1 aliphatic carbocycles. The maximum atomic E-state index is 14.1. The van der Waals surface area contributed by atoms with Crippen molar-refractivity contribution in [3.63, 3.8) is 0 Å². The molecule has 8 heteroatoms. The summed E-state index contributed by atoms with van der Waals surface area (Å²) >= 11 is 0. The average molecular weight is 529 g/mol. The number of para-hydroxylation sites is 1. The molecule has 39 heavy (non-hydrogen) atoms. The van der Waals surface area contributed by atoms with Crippen LogP contribution in [0.15, 0.2) is 71.2 Å². The molecule has 2 aromatic carbocycles. The van der Waals surface area contributed by atoms with E-state index in [1.807, 2.05) is 44.2 Å². The van der Waals surface area contributed by atoms with E-state index >= 15 is 0 Å². The summed E-state index contributed by atoms with van der Waals surface area (Å²) in [4.78, 5) is 45.9. The van der Waals surface area contributed by atoms with Gasteiger partial charge in [-0.15, -0.1) is 0 Å². The van der Waals surface area contributed by atoms with E-state index in [-0.39, 0.29) is 35.6 Å². The van der Waals surface area contributed by atoms with Gasteiger partial charge in [-0.2, -0.15) is 0 Å². The van der Waals surface area contributed by atoms with Gasteiger partial charge in [0.25, 0.3) is 0 Å². The Morgan fingerprint density at radius 2 is 1.69 bits per heavy atom. The molecule has 0 saturated carbocycles. The molecule has 0 aromatic heterocycles. The number of rotatable bonds is 6. The fourth-order valence-electron chi connectivity index (χ4n) is 6.39. The first-order chi connectivity index (χ1) is 18.6. The number of fused-ring (bicyclic) bond motifs is 3. The zero-order chi connectivity index (χ0) is 28.1. The number of esters is 1. The van der Waals surface area contributed by atoms with Crippen LogP contribution in [0.4, 0.5) is 17.1 Å². The number of nitrogens with zero attached hydrogens (tertiary/aromatic N) is 2. The molecule has 0 radical (unpaired) electrons. The Morgan fingerprint density at radius 3 is 2.33 bits per heavy atom. The molecule has 2 aromatic rings. The van der Waals surface area contributed by atoms with Crippen molar-refractivity contribution in [2.24, 2.45) is 11.1 Å². The second kappa shape index (κ2) is 9.59. The van der Waals surface area contributed by atoms with E-state index in [2.05, 4.69) is 24.1 Å². The zero-order valence-electron chi connectivity index (χ0n) is 23.3. The van der Waals surface area contributed by atoms with Crippen LogP contribution in [0.5, 0.6) is 0 Å². The highest BCUT2D eigenvalue weighted by atomic mass is 16.5. The van der Waals surface area contributed by atoms with Crippen LogP contribution in [0.1, 0.15) is 53.0 Å². The van der Waals surface area contributed by atoms with Crippen LogP contribution in [0.25, 0.3) is 0 Å². The molecule has 204 valence electrons. The molecular weight excluding hydrogens is 492 g/mol. The fraction of sp³-hybridized carbons (Fsp3) is 0.387. The van der Waals surface area contributed by atoms with Crippen molar-refractivity contribution in [1.82, 2.24) is 0 Å². The molecule has 1 unspecified atom stereocenters. The number of benzene rings is 2. The number of ketones is 1. The van der Waals surface area contributed by atoms with Gasteiger partial charge in [-0.1, -0.05) is 32.0 Å². The van der Waals surface area contributed by atoms with Crippen molar-refractivity contribution >= 4 is 34.7 Å². The number of ether oxygens (including phenoxy) is 1. The number of amides is 1. The zero-order valence-corrected chi connectivity index (χ0v) is 23.3. The van der Waals surface area contributed by atoms with Gasteiger partial charge in [0.1, 0.15) is 16.8 Å². The van der Waals surface area contributed by atoms with E-state index < -0.39 is 17.3 Å². The number of hydrogen-bond acceptors (Lipinski definition) is 7. The van der Waals surface area contributed by atoms with Crippen LogP contribution >= 0.6 is 0 Å². The van der Waals surface area contributed by atoms with Gasteiger partial charge in [0.05, 0.1) is 6.61 Å². The van der Waals surface area contributed by atoms with E-state index in [9.17, 15) is 14.4 Å². The van der Waals surface area contributed by atoms with Crippen molar-refractivity contribution in [2.75, 3.05) is 34.8 Å². The first kappa shape index (κ1) is 26.5. The molecule has 1 atom stereocenters. The number of Topliss-reactive ketones (excluding diaryl/α,β-unsaturated/α-hetero) is 1. The van der Waals surface area contributed by atoms with Gasteiger partial charge < -0.3 is 20.7 Å². The minimum absolute atomic E-state index is 0.0218. The lowest BCUT2D eigenvalue weighted by Crippen LogP contribution is -2.54. The third-order valence-electron chi connectivity index (χ3n) is 8.01. The summed E-state index contributed by atoms with van der Waals surface area (Å²) in [5.74, 6) is -1.25.